The van der Waals surface area contributed by atoms with Crippen LogP contribution in [0.1, 0.15) is 11.1 Å². The quantitative estimate of drug-likeness (QED) is 0.730. The van der Waals surface area contributed by atoms with Crippen molar-refractivity contribution in [2.24, 2.45) is 0 Å². The highest BCUT2D eigenvalue weighted by Crippen LogP contribution is 2.23. The van der Waals surface area contributed by atoms with Crippen LogP contribution in [0.3, 0.4) is 0 Å². The van der Waals surface area contributed by atoms with Crippen molar-refractivity contribution in [2.75, 3.05) is 14.2 Å². The Hall–Kier alpha value is -1.53. The fourth-order valence-corrected chi connectivity index (χ4v) is 1.36. The molecule has 0 bridgehead atoms. The van der Waals surface area contributed by atoms with Crippen LogP contribution in [-0.4, -0.2) is 14.2 Å². The first-order chi connectivity index (χ1) is 6.83. The second-order valence-corrected chi connectivity index (χ2v) is 2.87. The summed E-state index contributed by atoms with van der Waals surface area (Å²) in [6.07, 6.45) is 0.385. The summed E-state index contributed by atoms with van der Waals surface area (Å²) in [5, 5.41) is 8.64. The van der Waals surface area contributed by atoms with Gasteiger partial charge >= 0.3 is 0 Å². The molecule has 0 aliphatic carbocycles. The predicted molar refractivity (Wildman–Crippen MR) is 53.0 cm³/mol. The van der Waals surface area contributed by atoms with Gasteiger partial charge in [-0.15, -0.1) is 0 Å². The molecule has 3 nitrogen and oxygen atoms in total. The Morgan fingerprint density at radius 1 is 1.36 bits per heavy atom. The lowest BCUT2D eigenvalue weighted by molar-refractivity contribution is 0.181. The highest BCUT2D eigenvalue weighted by molar-refractivity contribution is 5.41. The van der Waals surface area contributed by atoms with Gasteiger partial charge in [0, 0.05) is 12.7 Å². The molecule has 74 valence electrons. The van der Waals surface area contributed by atoms with E-state index in [9.17, 15) is 0 Å². The number of rotatable bonds is 4. The summed E-state index contributed by atoms with van der Waals surface area (Å²) in [4.78, 5) is 0. The fourth-order valence-electron chi connectivity index (χ4n) is 1.36. The summed E-state index contributed by atoms with van der Waals surface area (Å²) in [7, 11) is 3.24. The van der Waals surface area contributed by atoms with E-state index in [0.717, 1.165) is 16.9 Å². The van der Waals surface area contributed by atoms with Crippen molar-refractivity contribution in [2.45, 2.75) is 13.0 Å². The summed E-state index contributed by atoms with van der Waals surface area (Å²) in [6, 6.07) is 7.79. The molecule has 1 rings (SSSR count). The number of benzene rings is 1. The molecule has 0 saturated carbocycles. The Kier molecular flexibility index (Phi) is 3.96. The van der Waals surface area contributed by atoms with Crippen molar-refractivity contribution in [3.8, 4) is 11.8 Å². The smallest absolute Gasteiger partial charge is 0.124 e. The summed E-state index contributed by atoms with van der Waals surface area (Å²) in [6.45, 7) is 0.473. The maximum absolute atomic E-state index is 8.64. The van der Waals surface area contributed by atoms with E-state index in [1.54, 1.807) is 14.2 Å². The maximum atomic E-state index is 8.64. The van der Waals surface area contributed by atoms with Gasteiger partial charge in [-0.1, -0.05) is 12.1 Å². The van der Waals surface area contributed by atoms with Crippen molar-refractivity contribution in [3.63, 3.8) is 0 Å². The Morgan fingerprint density at radius 2 is 2.14 bits per heavy atom. The van der Waals surface area contributed by atoms with E-state index in [1.807, 2.05) is 18.2 Å². The van der Waals surface area contributed by atoms with E-state index in [4.69, 9.17) is 14.7 Å². The molecule has 0 spiro atoms. The van der Waals surface area contributed by atoms with Crippen LogP contribution in [0.15, 0.2) is 18.2 Å². The second kappa shape index (κ2) is 5.25. The normalized spacial score (nSPS) is 9.50. The second-order valence-electron chi connectivity index (χ2n) is 2.87. The number of ether oxygens (including phenoxy) is 2. The molecule has 1 aromatic carbocycles. The molecule has 0 radical (unpaired) electrons. The largest absolute Gasteiger partial charge is 0.496 e. The number of hydrogen-bond acceptors (Lipinski definition) is 3. The Labute approximate surface area is 83.9 Å². The molecule has 0 aliphatic rings. The van der Waals surface area contributed by atoms with Gasteiger partial charge in [0.05, 0.1) is 26.2 Å². The molecule has 1 aromatic rings. The molecule has 0 aromatic heterocycles. The third-order valence-electron chi connectivity index (χ3n) is 2.01. The lowest BCUT2D eigenvalue weighted by atomic mass is 10.0. The molecular weight excluding hydrogens is 178 g/mol. The number of methoxy groups -OCH3 is 2. The zero-order chi connectivity index (χ0) is 10.4. The van der Waals surface area contributed by atoms with Crippen molar-refractivity contribution in [1.82, 2.24) is 0 Å². The molecule has 0 N–H and O–H groups in total. The monoisotopic (exact) mass is 191 g/mol. The van der Waals surface area contributed by atoms with Crippen molar-refractivity contribution in [1.29, 1.82) is 5.26 Å². The predicted octanol–water partition coefficient (Wildman–Crippen LogP) is 1.91. The number of nitrogens with zero attached hydrogens (tertiary/aromatic N) is 1. The summed E-state index contributed by atoms with van der Waals surface area (Å²) in [5.74, 6) is 0.777. The lowest BCUT2D eigenvalue weighted by Gasteiger charge is -2.10. The molecule has 14 heavy (non-hydrogen) atoms. The van der Waals surface area contributed by atoms with Crippen LogP contribution in [-0.2, 0) is 17.8 Å². The molecule has 0 aliphatic heterocycles. The van der Waals surface area contributed by atoms with E-state index in [1.165, 1.54) is 0 Å². The summed E-state index contributed by atoms with van der Waals surface area (Å²) in [5.41, 5.74) is 1.92. The van der Waals surface area contributed by atoms with Crippen LogP contribution in [0.4, 0.5) is 0 Å². The van der Waals surface area contributed by atoms with Crippen LogP contribution in [0.25, 0.3) is 0 Å². The lowest BCUT2D eigenvalue weighted by Crippen LogP contribution is -1.99. The van der Waals surface area contributed by atoms with Crippen LogP contribution in [0.5, 0.6) is 5.75 Å². The molecule has 0 amide bonds. The highest BCUT2D eigenvalue weighted by Gasteiger charge is 2.07. The number of hydrogen-bond donors (Lipinski definition) is 0. The molecule has 3 heteroatoms. The minimum atomic E-state index is 0.385. The average molecular weight is 191 g/mol. The van der Waals surface area contributed by atoms with Crippen LogP contribution in [0.2, 0.25) is 0 Å². The Morgan fingerprint density at radius 3 is 2.71 bits per heavy atom. The molecule has 0 heterocycles. The Balaban J connectivity index is 3.08. The van der Waals surface area contributed by atoms with Gasteiger partial charge in [-0.05, 0) is 11.6 Å². The van der Waals surface area contributed by atoms with E-state index < -0.39 is 0 Å². The van der Waals surface area contributed by atoms with Crippen LogP contribution >= 0.6 is 0 Å². The third-order valence-corrected chi connectivity index (χ3v) is 2.01. The van der Waals surface area contributed by atoms with Gasteiger partial charge in [-0.3, -0.25) is 0 Å². The average Bonchev–Trinajstić information content (AvgIpc) is 2.21. The third kappa shape index (κ3) is 2.24. The first-order valence-electron chi connectivity index (χ1n) is 4.34. The molecular formula is C11H13NO2. The standard InChI is InChI=1S/C11H13NO2/c1-13-8-10-9(6-7-12)4-3-5-11(10)14-2/h3-5H,6,8H2,1-2H3. The molecule has 0 fully saturated rings. The highest BCUT2D eigenvalue weighted by atomic mass is 16.5. The van der Waals surface area contributed by atoms with Gasteiger partial charge in [-0.2, -0.15) is 5.26 Å². The van der Waals surface area contributed by atoms with Crippen molar-refractivity contribution in [3.05, 3.63) is 29.3 Å². The summed E-state index contributed by atoms with van der Waals surface area (Å²) < 4.78 is 10.3. The van der Waals surface area contributed by atoms with Gasteiger partial charge < -0.3 is 9.47 Å². The minimum Gasteiger partial charge on any atom is -0.496 e. The zero-order valence-corrected chi connectivity index (χ0v) is 8.41. The Bertz CT molecular complexity index is 342. The SMILES string of the molecule is COCc1c(CC#N)cccc1OC. The van der Waals surface area contributed by atoms with Gasteiger partial charge in [-0.25, -0.2) is 0 Å². The minimum absolute atomic E-state index is 0.385. The first kappa shape index (κ1) is 10.6. The van der Waals surface area contributed by atoms with Gasteiger partial charge in [0.15, 0.2) is 0 Å². The van der Waals surface area contributed by atoms with Crippen LogP contribution < -0.4 is 4.74 Å². The van der Waals surface area contributed by atoms with E-state index >= 15 is 0 Å². The van der Waals surface area contributed by atoms with Gasteiger partial charge in [0.25, 0.3) is 0 Å². The first-order valence-corrected chi connectivity index (χ1v) is 4.34. The van der Waals surface area contributed by atoms with E-state index in [2.05, 4.69) is 6.07 Å². The zero-order valence-electron chi connectivity index (χ0n) is 8.41. The van der Waals surface area contributed by atoms with Gasteiger partial charge in [0.1, 0.15) is 5.75 Å². The van der Waals surface area contributed by atoms with Crippen molar-refractivity contribution >= 4 is 0 Å². The van der Waals surface area contributed by atoms with E-state index in [-0.39, 0.29) is 0 Å². The molecule has 0 saturated heterocycles. The van der Waals surface area contributed by atoms with Crippen molar-refractivity contribution < 1.29 is 9.47 Å². The summed E-state index contributed by atoms with van der Waals surface area (Å²) >= 11 is 0. The fraction of sp³-hybridized carbons (Fsp3) is 0.364. The number of nitriles is 1. The van der Waals surface area contributed by atoms with Crippen LogP contribution in [0, 0.1) is 11.3 Å². The van der Waals surface area contributed by atoms with E-state index in [0.29, 0.717) is 13.0 Å². The molecule has 0 atom stereocenters. The van der Waals surface area contributed by atoms with Gasteiger partial charge in [0.2, 0.25) is 0 Å². The topological polar surface area (TPSA) is 42.2 Å². The molecule has 0 unspecified atom stereocenters. The maximum Gasteiger partial charge on any atom is 0.124 e.